The molecule has 4 nitrogen and oxygen atoms in total. The van der Waals surface area contributed by atoms with Gasteiger partial charge in [-0.1, -0.05) is 72.8 Å². The molecule has 0 atom stereocenters. The highest BCUT2D eigenvalue weighted by Gasteiger charge is 2.25. The van der Waals surface area contributed by atoms with Gasteiger partial charge in [0.15, 0.2) is 0 Å². The first-order chi connectivity index (χ1) is 34.7. The monoisotopic (exact) mass is 968 g/mol. The molecule has 14 rings (SSSR count). The fourth-order valence-corrected chi connectivity index (χ4v) is 13.3. The maximum absolute atomic E-state index is 2.51. The zero-order valence-corrected chi connectivity index (χ0v) is 40.8. The first-order valence-electron chi connectivity index (χ1n) is 23.3. The van der Waals surface area contributed by atoms with Gasteiger partial charge < -0.3 is 18.9 Å². The van der Waals surface area contributed by atoms with E-state index < -0.39 is 0 Å². The molecule has 0 amide bonds. The van der Waals surface area contributed by atoms with E-state index in [0.717, 1.165) is 45.5 Å². The summed E-state index contributed by atoms with van der Waals surface area (Å²) in [6, 6.07) is 80.3. The second kappa shape index (κ2) is 16.9. The molecule has 0 fully saturated rings. The van der Waals surface area contributed by atoms with E-state index in [9.17, 15) is 0 Å². The quantitative estimate of drug-likeness (QED) is 0.136. The Bertz CT molecular complexity index is 3850. The average Bonchev–Trinajstić information content (AvgIpc) is 4.30. The Morgan fingerprint density at radius 3 is 1.04 bits per heavy atom. The van der Waals surface area contributed by atoms with E-state index in [4.69, 9.17) is 0 Å². The van der Waals surface area contributed by atoms with E-state index in [0.29, 0.717) is 0 Å². The number of thiophene rings is 4. The van der Waals surface area contributed by atoms with Gasteiger partial charge in [0.25, 0.3) is 0 Å². The van der Waals surface area contributed by atoms with Gasteiger partial charge in [-0.25, -0.2) is 0 Å². The maximum Gasteiger partial charge on any atom is 0.0804 e. The Labute approximate surface area is 420 Å². The van der Waals surface area contributed by atoms with Crippen molar-refractivity contribution in [3.63, 3.8) is 0 Å². The molecule has 0 N–H and O–H groups in total. The number of para-hydroxylation sites is 2. The zero-order chi connectivity index (χ0) is 46.1. The lowest BCUT2D eigenvalue weighted by molar-refractivity contribution is 1.17. The zero-order valence-electron chi connectivity index (χ0n) is 37.5. The molecule has 0 aliphatic carbocycles. The lowest BCUT2D eigenvalue weighted by Crippen LogP contribution is -2.10. The van der Waals surface area contributed by atoms with Gasteiger partial charge in [0, 0.05) is 75.4 Å². The summed E-state index contributed by atoms with van der Waals surface area (Å²) < 4.78 is 7.58. The minimum atomic E-state index is 1.09. The molecule has 8 heteroatoms. The second-order valence-electron chi connectivity index (χ2n) is 17.4. The van der Waals surface area contributed by atoms with Crippen LogP contribution in [0, 0.1) is 0 Å². The molecule has 0 radical (unpaired) electrons. The first kappa shape index (κ1) is 41.0. The van der Waals surface area contributed by atoms with Gasteiger partial charge in [-0.3, -0.25) is 0 Å². The molecular formula is C62H40N4S4. The summed E-state index contributed by atoms with van der Waals surface area (Å²) in [5, 5.41) is 13.7. The van der Waals surface area contributed by atoms with E-state index in [2.05, 4.69) is 259 Å². The van der Waals surface area contributed by atoms with Crippen LogP contribution >= 0.6 is 45.3 Å². The van der Waals surface area contributed by atoms with Crippen LogP contribution in [0.2, 0.25) is 0 Å². The molecule has 8 aromatic carbocycles. The number of nitrogens with zero attached hydrogens (tertiary/aromatic N) is 4. The number of fused-ring (bicyclic) bond motifs is 7. The van der Waals surface area contributed by atoms with Gasteiger partial charge in [-0.05, 0) is 189 Å². The third-order valence-corrected chi connectivity index (χ3v) is 17.0. The molecule has 0 saturated heterocycles. The highest BCUT2D eigenvalue weighted by atomic mass is 32.1. The molecule has 70 heavy (non-hydrogen) atoms. The number of rotatable bonds is 10. The van der Waals surface area contributed by atoms with Crippen LogP contribution in [0.1, 0.15) is 0 Å². The topological polar surface area (TPSA) is 16.3 Å². The summed E-state index contributed by atoms with van der Waals surface area (Å²) in [6.07, 6.45) is 0. The Hall–Kier alpha value is -7.98. The standard InChI is InChI=1S/C62H40N4S4/c1-3-9-45(10-4-1)63(47-19-15-41(16-20-47)57-13-7-33-67-57)49-23-27-51(28-24-49)65-55-37-43-31-35-69-59(43)39-53(55)62-61(65)54-40-60-44(32-36-70-60)38-56(54)66(62)52-29-25-50(26-30-52)64(46-11-5-2-6-12-46)48-21-17-42(18-22-48)58-14-8-34-68-58/h1-40H. The van der Waals surface area contributed by atoms with E-state index in [1.807, 2.05) is 0 Å². The molecular weight excluding hydrogens is 929 g/mol. The third kappa shape index (κ3) is 6.90. The summed E-state index contributed by atoms with van der Waals surface area (Å²) in [5.41, 5.74) is 16.1. The molecule has 332 valence electrons. The Kier molecular flexibility index (Phi) is 9.91. The predicted molar refractivity (Wildman–Crippen MR) is 304 cm³/mol. The third-order valence-electron chi connectivity index (χ3n) is 13.4. The van der Waals surface area contributed by atoms with Gasteiger partial charge in [0.05, 0.1) is 22.1 Å². The van der Waals surface area contributed by atoms with Crippen LogP contribution in [0.25, 0.3) is 85.3 Å². The summed E-state index contributed by atoms with van der Waals surface area (Å²) in [7, 11) is 0. The van der Waals surface area contributed by atoms with Crippen LogP contribution < -0.4 is 9.80 Å². The normalized spacial score (nSPS) is 11.7. The van der Waals surface area contributed by atoms with Crippen LogP contribution in [-0.2, 0) is 0 Å². The van der Waals surface area contributed by atoms with Crippen LogP contribution in [0.4, 0.5) is 34.1 Å². The molecule has 6 heterocycles. The van der Waals surface area contributed by atoms with Crippen LogP contribution in [0.3, 0.4) is 0 Å². The van der Waals surface area contributed by atoms with Gasteiger partial charge in [0.1, 0.15) is 0 Å². The number of hydrogen-bond donors (Lipinski definition) is 0. The largest absolute Gasteiger partial charge is 0.311 e. The second-order valence-corrected chi connectivity index (χ2v) is 21.2. The van der Waals surface area contributed by atoms with E-state index in [1.54, 1.807) is 45.3 Å². The first-order valence-corrected chi connectivity index (χ1v) is 26.8. The SMILES string of the molecule is c1ccc(N(c2ccc(-c3cccs3)cc2)c2ccc(-n3c4cc5ccsc5cc4c4c3c3cc5sccc5cc3n4-c3ccc(N(c4ccccc4)c4ccc(-c5cccs5)cc4)cc3)cc2)cc1. The van der Waals surface area contributed by atoms with Gasteiger partial charge in [0.2, 0.25) is 0 Å². The minimum absolute atomic E-state index is 1.09. The van der Waals surface area contributed by atoms with Crippen molar-refractivity contribution >= 4 is 132 Å². The highest BCUT2D eigenvalue weighted by Crippen LogP contribution is 2.46. The maximum atomic E-state index is 2.51. The summed E-state index contributed by atoms with van der Waals surface area (Å²) in [6.45, 7) is 0. The minimum Gasteiger partial charge on any atom is -0.311 e. The lowest BCUT2D eigenvalue weighted by Gasteiger charge is -2.26. The van der Waals surface area contributed by atoms with Crippen LogP contribution in [-0.4, -0.2) is 9.13 Å². The molecule has 14 aromatic rings. The van der Waals surface area contributed by atoms with Gasteiger partial charge in [-0.2, -0.15) is 0 Å². The van der Waals surface area contributed by atoms with Crippen LogP contribution in [0.15, 0.2) is 240 Å². The average molecular weight is 969 g/mol. The summed E-state index contributed by atoms with van der Waals surface area (Å²) in [4.78, 5) is 7.24. The molecule has 0 spiro atoms. The Balaban J connectivity index is 0.938. The van der Waals surface area contributed by atoms with Gasteiger partial charge in [-0.15, -0.1) is 45.3 Å². The van der Waals surface area contributed by atoms with Crippen LogP contribution in [0.5, 0.6) is 0 Å². The summed E-state index contributed by atoms with van der Waals surface area (Å²) in [5.74, 6) is 0. The predicted octanol–water partition coefficient (Wildman–Crippen LogP) is 19.6. The number of aromatic nitrogens is 2. The number of benzene rings is 8. The smallest absolute Gasteiger partial charge is 0.0804 e. The fraction of sp³-hybridized carbons (Fsp3) is 0. The van der Waals surface area contributed by atoms with Crippen molar-refractivity contribution in [2.45, 2.75) is 0 Å². The summed E-state index contributed by atoms with van der Waals surface area (Å²) >= 11 is 7.14. The highest BCUT2D eigenvalue weighted by molar-refractivity contribution is 7.17. The molecule has 0 unspecified atom stereocenters. The van der Waals surface area contributed by atoms with Crippen molar-refractivity contribution in [2.24, 2.45) is 0 Å². The molecule has 6 aromatic heterocycles. The van der Waals surface area contributed by atoms with E-state index >= 15 is 0 Å². The Morgan fingerprint density at radius 1 is 0.300 bits per heavy atom. The van der Waals surface area contributed by atoms with Crippen molar-refractivity contribution in [3.8, 4) is 32.3 Å². The van der Waals surface area contributed by atoms with Crippen molar-refractivity contribution in [2.75, 3.05) is 9.80 Å². The molecule has 0 bridgehead atoms. The molecule has 0 aliphatic heterocycles. The fourth-order valence-electron chi connectivity index (χ4n) is 10.2. The number of hydrogen-bond acceptors (Lipinski definition) is 6. The molecule has 0 saturated carbocycles. The lowest BCUT2D eigenvalue weighted by atomic mass is 10.1. The Morgan fingerprint density at radius 2 is 0.671 bits per heavy atom. The van der Waals surface area contributed by atoms with Gasteiger partial charge >= 0.3 is 0 Å². The molecule has 0 aliphatic rings. The van der Waals surface area contributed by atoms with E-state index in [1.165, 1.54) is 73.9 Å². The van der Waals surface area contributed by atoms with Crippen molar-refractivity contribution in [1.29, 1.82) is 0 Å². The van der Waals surface area contributed by atoms with Crippen molar-refractivity contribution in [3.05, 3.63) is 240 Å². The van der Waals surface area contributed by atoms with E-state index in [-0.39, 0.29) is 0 Å². The number of anilines is 6. The van der Waals surface area contributed by atoms with Crippen molar-refractivity contribution < 1.29 is 0 Å². The van der Waals surface area contributed by atoms with Crippen molar-refractivity contribution in [1.82, 2.24) is 9.13 Å².